The smallest absolute Gasteiger partial charge is 0.284 e. The maximum Gasteiger partial charge on any atom is 0.284 e. The van der Waals surface area contributed by atoms with Crippen LogP contribution >= 0.6 is 11.6 Å². The quantitative estimate of drug-likeness (QED) is 0.569. The van der Waals surface area contributed by atoms with Gasteiger partial charge in [-0.15, -0.1) is 5.10 Å². The van der Waals surface area contributed by atoms with Gasteiger partial charge in [-0.1, -0.05) is 16.8 Å². The number of nitrogens with zero attached hydrogens (tertiary/aromatic N) is 5. The Morgan fingerprint density at radius 1 is 1.11 bits per heavy atom. The lowest BCUT2D eigenvalue weighted by Gasteiger charge is -2.07. The van der Waals surface area contributed by atoms with Crippen LogP contribution in [0.5, 0.6) is 0 Å². The molecule has 140 valence electrons. The van der Waals surface area contributed by atoms with Crippen LogP contribution < -0.4 is 10.9 Å². The molecule has 28 heavy (non-hydrogen) atoms. The number of carbonyl (C=O) groups is 1. The molecular weight excluding hydrogens is 387 g/mol. The van der Waals surface area contributed by atoms with Gasteiger partial charge in [-0.2, -0.15) is 4.68 Å². The fraction of sp³-hybridized carbons (Fsp3) is 0.0556. The van der Waals surface area contributed by atoms with Gasteiger partial charge in [-0.3, -0.25) is 14.2 Å². The van der Waals surface area contributed by atoms with Crippen molar-refractivity contribution in [3.05, 3.63) is 76.1 Å². The van der Waals surface area contributed by atoms with Crippen LogP contribution in [-0.4, -0.2) is 30.5 Å². The minimum absolute atomic E-state index is 0.00566. The molecule has 0 spiro atoms. The number of carbonyl (C=O) groups excluding carboxylic acids is 1. The van der Waals surface area contributed by atoms with Gasteiger partial charge >= 0.3 is 0 Å². The average molecular weight is 399 g/mol. The van der Waals surface area contributed by atoms with Gasteiger partial charge in [0.2, 0.25) is 5.91 Å². The van der Waals surface area contributed by atoms with Crippen LogP contribution in [-0.2, 0) is 11.3 Å². The zero-order chi connectivity index (χ0) is 19.7. The Balaban J connectivity index is 1.60. The molecule has 1 N–H and O–H groups in total. The summed E-state index contributed by atoms with van der Waals surface area (Å²) >= 11 is 5.81. The lowest BCUT2D eigenvalue weighted by molar-refractivity contribution is -0.116. The van der Waals surface area contributed by atoms with Gasteiger partial charge < -0.3 is 5.32 Å². The third-order valence-electron chi connectivity index (χ3n) is 3.94. The average Bonchev–Trinajstić information content (AvgIpc) is 3.11. The van der Waals surface area contributed by atoms with Crippen molar-refractivity contribution in [3.8, 4) is 5.69 Å². The van der Waals surface area contributed by atoms with E-state index >= 15 is 0 Å². The second kappa shape index (κ2) is 7.20. The van der Waals surface area contributed by atoms with E-state index in [9.17, 15) is 14.0 Å². The largest absolute Gasteiger partial charge is 0.325 e. The topological polar surface area (TPSA) is 94.7 Å². The molecule has 4 aromatic rings. The number of nitrogens with one attached hydrogen (secondary N) is 1. The first-order valence-electron chi connectivity index (χ1n) is 8.13. The molecule has 0 bridgehead atoms. The number of fused-ring (bicyclic) bond motifs is 1. The molecule has 0 saturated carbocycles. The molecule has 2 heterocycles. The number of benzene rings is 2. The van der Waals surface area contributed by atoms with Crippen molar-refractivity contribution < 1.29 is 9.18 Å². The van der Waals surface area contributed by atoms with Crippen molar-refractivity contribution >= 4 is 34.4 Å². The predicted octanol–water partition coefficient (Wildman–Crippen LogP) is 2.41. The molecule has 0 fully saturated rings. The van der Waals surface area contributed by atoms with Gasteiger partial charge in [0.05, 0.1) is 5.69 Å². The second-order valence-corrected chi connectivity index (χ2v) is 6.32. The SMILES string of the molecule is O=C(Cn1cnc2c(nnn2-c2ccc(F)cc2)c1=O)Nc1ccc(Cl)cc1. The Hall–Kier alpha value is -3.59. The number of hydrogen-bond donors (Lipinski definition) is 1. The van der Waals surface area contributed by atoms with Crippen molar-refractivity contribution in [1.29, 1.82) is 0 Å². The maximum absolute atomic E-state index is 13.1. The van der Waals surface area contributed by atoms with E-state index in [-0.39, 0.29) is 17.7 Å². The molecule has 4 rings (SSSR count). The molecule has 0 saturated heterocycles. The Bertz CT molecular complexity index is 1220. The highest BCUT2D eigenvalue weighted by atomic mass is 35.5. The van der Waals surface area contributed by atoms with E-state index in [0.29, 0.717) is 16.4 Å². The van der Waals surface area contributed by atoms with Crippen LogP contribution in [0.25, 0.3) is 16.9 Å². The van der Waals surface area contributed by atoms with E-state index in [1.54, 1.807) is 24.3 Å². The predicted molar refractivity (Wildman–Crippen MR) is 101 cm³/mol. The van der Waals surface area contributed by atoms with E-state index in [4.69, 9.17) is 11.6 Å². The molecule has 0 radical (unpaired) electrons. The lowest BCUT2D eigenvalue weighted by Crippen LogP contribution is -2.28. The summed E-state index contributed by atoms with van der Waals surface area (Å²) in [6, 6.07) is 12.1. The van der Waals surface area contributed by atoms with Crippen LogP contribution in [0.15, 0.2) is 59.7 Å². The van der Waals surface area contributed by atoms with Crippen LogP contribution in [0.1, 0.15) is 0 Å². The van der Waals surface area contributed by atoms with Crippen molar-refractivity contribution in [2.75, 3.05) is 5.32 Å². The van der Waals surface area contributed by atoms with E-state index in [0.717, 1.165) is 4.57 Å². The van der Waals surface area contributed by atoms with Crippen LogP contribution in [0, 0.1) is 5.82 Å². The summed E-state index contributed by atoms with van der Waals surface area (Å²) in [5, 5.41) is 11.0. The number of anilines is 1. The highest BCUT2D eigenvalue weighted by Crippen LogP contribution is 2.14. The monoisotopic (exact) mass is 398 g/mol. The molecule has 0 atom stereocenters. The normalized spacial score (nSPS) is 10.9. The van der Waals surface area contributed by atoms with Crippen molar-refractivity contribution in [2.45, 2.75) is 6.54 Å². The van der Waals surface area contributed by atoms with Crippen molar-refractivity contribution in [2.24, 2.45) is 0 Å². The van der Waals surface area contributed by atoms with E-state index in [1.807, 2.05) is 0 Å². The summed E-state index contributed by atoms with van der Waals surface area (Å²) in [4.78, 5) is 29.0. The molecule has 2 aromatic heterocycles. The minimum atomic E-state index is -0.510. The van der Waals surface area contributed by atoms with Crippen molar-refractivity contribution in [1.82, 2.24) is 24.5 Å². The van der Waals surface area contributed by atoms with Crippen LogP contribution in [0.4, 0.5) is 10.1 Å². The van der Waals surface area contributed by atoms with E-state index in [1.165, 1.54) is 35.3 Å². The van der Waals surface area contributed by atoms with Gasteiger partial charge in [0.25, 0.3) is 5.56 Å². The number of amides is 1. The summed E-state index contributed by atoms with van der Waals surface area (Å²) in [6.07, 6.45) is 1.25. The van der Waals surface area contributed by atoms with Crippen molar-refractivity contribution in [3.63, 3.8) is 0 Å². The number of hydrogen-bond acceptors (Lipinski definition) is 5. The first-order chi connectivity index (χ1) is 13.5. The third kappa shape index (κ3) is 3.47. The summed E-state index contributed by atoms with van der Waals surface area (Å²) < 4.78 is 15.6. The van der Waals surface area contributed by atoms with Gasteiger partial charge in [-0.25, -0.2) is 9.37 Å². The fourth-order valence-corrected chi connectivity index (χ4v) is 2.73. The maximum atomic E-state index is 13.1. The van der Waals surface area contributed by atoms with Gasteiger partial charge in [0.15, 0.2) is 11.2 Å². The highest BCUT2D eigenvalue weighted by molar-refractivity contribution is 6.30. The number of rotatable bonds is 4. The highest BCUT2D eigenvalue weighted by Gasteiger charge is 2.15. The zero-order valence-corrected chi connectivity index (χ0v) is 15.0. The molecule has 0 aliphatic heterocycles. The summed E-state index contributed by atoms with van der Waals surface area (Å²) in [5.74, 6) is -0.799. The first kappa shape index (κ1) is 17.8. The molecule has 8 nitrogen and oxygen atoms in total. The number of halogens is 2. The standard InChI is InChI=1S/C18H12ClFN6O2/c19-11-1-5-13(6-2-11)22-15(27)9-25-10-21-17-16(18(25)28)23-24-26(17)14-7-3-12(20)4-8-14/h1-8,10H,9H2,(H,22,27). The number of aromatic nitrogens is 5. The summed E-state index contributed by atoms with van der Waals surface area (Å²) in [6.45, 7) is -0.242. The summed E-state index contributed by atoms with van der Waals surface area (Å²) in [7, 11) is 0. The van der Waals surface area contributed by atoms with Gasteiger partial charge in [0, 0.05) is 10.7 Å². The van der Waals surface area contributed by atoms with E-state index < -0.39 is 17.3 Å². The van der Waals surface area contributed by atoms with Gasteiger partial charge in [-0.05, 0) is 48.5 Å². The van der Waals surface area contributed by atoms with Gasteiger partial charge in [0.1, 0.15) is 18.7 Å². The molecule has 1 amide bonds. The Kier molecular flexibility index (Phi) is 4.58. The Morgan fingerprint density at radius 2 is 1.82 bits per heavy atom. The zero-order valence-electron chi connectivity index (χ0n) is 14.2. The third-order valence-corrected chi connectivity index (χ3v) is 4.19. The van der Waals surface area contributed by atoms with E-state index in [2.05, 4.69) is 20.6 Å². The lowest BCUT2D eigenvalue weighted by atomic mass is 10.3. The summed E-state index contributed by atoms with van der Waals surface area (Å²) in [5.41, 5.74) is 0.773. The molecule has 0 unspecified atom stereocenters. The Morgan fingerprint density at radius 3 is 2.54 bits per heavy atom. The van der Waals surface area contributed by atoms with Crippen LogP contribution in [0.2, 0.25) is 5.02 Å². The first-order valence-corrected chi connectivity index (χ1v) is 8.51. The molecule has 2 aromatic carbocycles. The minimum Gasteiger partial charge on any atom is -0.325 e. The molecule has 0 aliphatic carbocycles. The van der Waals surface area contributed by atoms with Crippen LogP contribution in [0.3, 0.4) is 0 Å². The second-order valence-electron chi connectivity index (χ2n) is 5.88. The Labute approximate surface area is 162 Å². The molecular formula is C18H12ClFN6O2. The molecule has 0 aliphatic rings. The molecule has 10 heteroatoms. The fourth-order valence-electron chi connectivity index (χ4n) is 2.60.